The fourth-order valence-electron chi connectivity index (χ4n) is 1.14. The zero-order valence-corrected chi connectivity index (χ0v) is 10.2. The van der Waals surface area contributed by atoms with Crippen LogP contribution >= 0.6 is 11.8 Å². The predicted octanol–water partition coefficient (Wildman–Crippen LogP) is 3.04. The second kappa shape index (κ2) is 6.62. The van der Waals surface area contributed by atoms with Gasteiger partial charge in [-0.05, 0) is 23.8 Å². The summed E-state index contributed by atoms with van der Waals surface area (Å²) in [6.45, 7) is 5.18. The Morgan fingerprint density at radius 3 is 2.73 bits per heavy atom. The molecule has 0 bridgehead atoms. The fraction of sp³-hybridized carbons (Fsp3) is 0.500. The van der Waals surface area contributed by atoms with Crippen LogP contribution in [0.15, 0.2) is 24.3 Å². The number of para-hydroxylation sites is 2. The van der Waals surface area contributed by atoms with Crippen molar-refractivity contribution in [3.63, 3.8) is 0 Å². The molecule has 0 fully saturated rings. The Kier molecular flexibility index (Phi) is 5.40. The number of hydrogen-bond acceptors (Lipinski definition) is 3. The summed E-state index contributed by atoms with van der Waals surface area (Å²) >= 11 is 1.92. The monoisotopic (exact) mass is 225 g/mol. The van der Waals surface area contributed by atoms with E-state index in [-0.39, 0.29) is 0 Å². The van der Waals surface area contributed by atoms with Gasteiger partial charge >= 0.3 is 0 Å². The smallest absolute Gasteiger partial charge is 0.142 e. The molecular formula is C12H19NOS. The van der Waals surface area contributed by atoms with Gasteiger partial charge in [0, 0.05) is 5.75 Å². The van der Waals surface area contributed by atoms with Crippen molar-refractivity contribution in [2.45, 2.75) is 13.8 Å². The molecule has 3 heteroatoms. The molecule has 0 heterocycles. The van der Waals surface area contributed by atoms with Crippen LogP contribution in [-0.2, 0) is 0 Å². The van der Waals surface area contributed by atoms with Crippen LogP contribution in [0.25, 0.3) is 0 Å². The van der Waals surface area contributed by atoms with Crippen LogP contribution in [0, 0.1) is 5.92 Å². The van der Waals surface area contributed by atoms with Gasteiger partial charge < -0.3 is 10.5 Å². The molecule has 1 rings (SSSR count). The second-order valence-electron chi connectivity index (χ2n) is 3.86. The van der Waals surface area contributed by atoms with Crippen LogP contribution in [0.2, 0.25) is 0 Å². The number of anilines is 1. The molecule has 0 aromatic heterocycles. The Hall–Kier alpha value is -0.830. The first-order valence-corrected chi connectivity index (χ1v) is 6.40. The predicted molar refractivity (Wildman–Crippen MR) is 68.5 cm³/mol. The van der Waals surface area contributed by atoms with Gasteiger partial charge in [-0.1, -0.05) is 26.0 Å². The highest BCUT2D eigenvalue weighted by molar-refractivity contribution is 7.99. The lowest BCUT2D eigenvalue weighted by molar-refractivity contribution is 0.346. The largest absolute Gasteiger partial charge is 0.491 e. The molecule has 1 aromatic carbocycles. The van der Waals surface area contributed by atoms with Crippen LogP contribution in [0.3, 0.4) is 0 Å². The van der Waals surface area contributed by atoms with Gasteiger partial charge in [-0.3, -0.25) is 0 Å². The van der Waals surface area contributed by atoms with E-state index in [0.717, 1.165) is 24.0 Å². The van der Waals surface area contributed by atoms with Gasteiger partial charge in [0.2, 0.25) is 0 Å². The Bertz CT molecular complexity index is 289. The van der Waals surface area contributed by atoms with Gasteiger partial charge in [0.05, 0.1) is 12.3 Å². The molecule has 0 amide bonds. The summed E-state index contributed by atoms with van der Waals surface area (Å²) < 4.78 is 5.57. The Labute approximate surface area is 96.2 Å². The van der Waals surface area contributed by atoms with Crippen LogP contribution in [0.1, 0.15) is 13.8 Å². The van der Waals surface area contributed by atoms with Crippen molar-refractivity contribution >= 4 is 17.4 Å². The minimum absolute atomic E-state index is 0.714. The van der Waals surface area contributed by atoms with E-state index in [2.05, 4.69) is 13.8 Å². The van der Waals surface area contributed by atoms with E-state index in [4.69, 9.17) is 10.5 Å². The molecule has 0 aliphatic rings. The van der Waals surface area contributed by atoms with Crippen LogP contribution in [-0.4, -0.2) is 18.1 Å². The molecule has 1 aromatic rings. The average Bonchev–Trinajstić information content (AvgIpc) is 2.20. The summed E-state index contributed by atoms with van der Waals surface area (Å²) in [6, 6.07) is 7.61. The second-order valence-corrected chi connectivity index (χ2v) is 5.00. The number of hydrogen-bond donors (Lipinski definition) is 1. The van der Waals surface area contributed by atoms with Crippen molar-refractivity contribution in [2.24, 2.45) is 5.92 Å². The summed E-state index contributed by atoms with van der Waals surface area (Å²) in [4.78, 5) is 0. The van der Waals surface area contributed by atoms with Crippen molar-refractivity contribution in [1.82, 2.24) is 0 Å². The minimum Gasteiger partial charge on any atom is -0.491 e. The number of benzene rings is 1. The van der Waals surface area contributed by atoms with Crippen molar-refractivity contribution in [3.8, 4) is 5.75 Å². The van der Waals surface area contributed by atoms with E-state index in [1.165, 1.54) is 5.75 Å². The maximum Gasteiger partial charge on any atom is 0.142 e. The molecule has 0 spiro atoms. The highest BCUT2D eigenvalue weighted by Crippen LogP contribution is 2.19. The van der Waals surface area contributed by atoms with Crippen molar-refractivity contribution in [3.05, 3.63) is 24.3 Å². The summed E-state index contributed by atoms with van der Waals surface area (Å²) in [5.74, 6) is 3.75. The van der Waals surface area contributed by atoms with Gasteiger partial charge in [0.15, 0.2) is 0 Å². The van der Waals surface area contributed by atoms with E-state index in [1.807, 2.05) is 36.0 Å². The molecule has 0 saturated heterocycles. The lowest BCUT2D eigenvalue weighted by Crippen LogP contribution is -2.04. The average molecular weight is 225 g/mol. The van der Waals surface area contributed by atoms with Gasteiger partial charge in [-0.2, -0.15) is 11.8 Å². The summed E-state index contributed by atoms with van der Waals surface area (Å²) in [6.07, 6.45) is 0. The molecule has 0 saturated carbocycles. The van der Waals surface area contributed by atoms with Crippen LogP contribution in [0.4, 0.5) is 5.69 Å². The molecule has 0 radical (unpaired) electrons. The topological polar surface area (TPSA) is 35.2 Å². The molecule has 2 nitrogen and oxygen atoms in total. The molecule has 0 aliphatic carbocycles. The number of thioether (sulfide) groups is 1. The molecule has 15 heavy (non-hydrogen) atoms. The van der Waals surface area contributed by atoms with E-state index >= 15 is 0 Å². The quantitative estimate of drug-likeness (QED) is 0.597. The van der Waals surface area contributed by atoms with E-state index in [9.17, 15) is 0 Å². The standard InChI is InChI=1S/C12H19NOS/c1-10(2)9-15-8-7-14-12-6-4-3-5-11(12)13/h3-6,10H,7-9,13H2,1-2H3. The molecule has 2 N–H and O–H groups in total. The molecule has 0 unspecified atom stereocenters. The van der Waals surface area contributed by atoms with Gasteiger partial charge in [0.25, 0.3) is 0 Å². The summed E-state index contributed by atoms with van der Waals surface area (Å²) in [5, 5.41) is 0. The third-order valence-corrected chi connectivity index (χ3v) is 3.21. The zero-order valence-electron chi connectivity index (χ0n) is 9.40. The fourth-order valence-corrected chi connectivity index (χ4v) is 1.98. The van der Waals surface area contributed by atoms with Crippen molar-refractivity contribution < 1.29 is 4.74 Å². The van der Waals surface area contributed by atoms with E-state index in [1.54, 1.807) is 0 Å². The highest BCUT2D eigenvalue weighted by Gasteiger charge is 1.98. The summed E-state index contributed by atoms with van der Waals surface area (Å²) in [5.41, 5.74) is 6.47. The summed E-state index contributed by atoms with van der Waals surface area (Å²) in [7, 11) is 0. The Morgan fingerprint density at radius 1 is 1.33 bits per heavy atom. The van der Waals surface area contributed by atoms with Crippen molar-refractivity contribution in [1.29, 1.82) is 0 Å². The van der Waals surface area contributed by atoms with Crippen LogP contribution < -0.4 is 10.5 Å². The van der Waals surface area contributed by atoms with E-state index < -0.39 is 0 Å². The maximum absolute atomic E-state index is 5.75. The first-order chi connectivity index (χ1) is 7.20. The normalized spacial score (nSPS) is 10.6. The molecular weight excluding hydrogens is 206 g/mol. The number of rotatable bonds is 6. The lowest BCUT2D eigenvalue weighted by atomic mass is 10.3. The number of nitrogens with two attached hydrogens (primary N) is 1. The van der Waals surface area contributed by atoms with Gasteiger partial charge in [-0.15, -0.1) is 0 Å². The number of ether oxygens (including phenoxy) is 1. The third kappa shape index (κ3) is 4.98. The first kappa shape index (κ1) is 12.2. The molecule has 0 aliphatic heterocycles. The SMILES string of the molecule is CC(C)CSCCOc1ccccc1N. The number of nitrogen functional groups attached to an aromatic ring is 1. The Balaban J connectivity index is 2.18. The molecule has 0 atom stereocenters. The zero-order chi connectivity index (χ0) is 11.1. The lowest BCUT2D eigenvalue weighted by Gasteiger charge is -2.08. The minimum atomic E-state index is 0.714. The molecule has 84 valence electrons. The van der Waals surface area contributed by atoms with Gasteiger partial charge in [0.1, 0.15) is 5.75 Å². The van der Waals surface area contributed by atoms with Gasteiger partial charge in [-0.25, -0.2) is 0 Å². The Morgan fingerprint density at radius 2 is 2.07 bits per heavy atom. The first-order valence-electron chi connectivity index (χ1n) is 5.25. The van der Waals surface area contributed by atoms with Crippen molar-refractivity contribution in [2.75, 3.05) is 23.8 Å². The van der Waals surface area contributed by atoms with E-state index in [0.29, 0.717) is 5.69 Å². The third-order valence-electron chi connectivity index (χ3n) is 1.86. The maximum atomic E-state index is 5.75. The highest BCUT2D eigenvalue weighted by atomic mass is 32.2. The van der Waals surface area contributed by atoms with Crippen LogP contribution in [0.5, 0.6) is 5.75 Å².